The van der Waals surface area contributed by atoms with E-state index in [2.05, 4.69) is 28.7 Å². The molecule has 0 fully saturated rings. The number of aryl methyl sites for hydroxylation is 1. The fourth-order valence-electron chi connectivity index (χ4n) is 1.32. The van der Waals surface area contributed by atoms with Crippen LogP contribution in [0.15, 0.2) is 12.4 Å². The molecule has 0 saturated heterocycles. The van der Waals surface area contributed by atoms with Crippen molar-refractivity contribution in [2.24, 2.45) is 5.92 Å². The highest BCUT2D eigenvalue weighted by Crippen LogP contribution is 2.07. The van der Waals surface area contributed by atoms with E-state index in [1.165, 1.54) is 0 Å². The van der Waals surface area contributed by atoms with Gasteiger partial charge in [0.05, 0.1) is 0 Å². The minimum Gasteiger partial charge on any atom is -0.334 e. The van der Waals surface area contributed by atoms with Gasteiger partial charge in [0.15, 0.2) is 0 Å². The third-order valence-electron chi connectivity index (χ3n) is 2.52. The molecule has 3 nitrogen and oxygen atoms in total. The van der Waals surface area contributed by atoms with Crippen molar-refractivity contribution in [1.82, 2.24) is 14.9 Å². The summed E-state index contributed by atoms with van der Waals surface area (Å²) in [6.07, 6.45) is 3.82. The molecule has 15 heavy (non-hydrogen) atoms. The summed E-state index contributed by atoms with van der Waals surface area (Å²) < 4.78 is 2.13. The van der Waals surface area contributed by atoms with E-state index in [-0.39, 0.29) is 5.38 Å². The molecule has 1 N–H and O–H groups in total. The van der Waals surface area contributed by atoms with E-state index in [0.29, 0.717) is 5.92 Å². The summed E-state index contributed by atoms with van der Waals surface area (Å²) in [5, 5.41) is 3.57. The van der Waals surface area contributed by atoms with Gasteiger partial charge in [-0.1, -0.05) is 13.8 Å². The van der Waals surface area contributed by atoms with Gasteiger partial charge in [0.2, 0.25) is 0 Å². The minimum atomic E-state index is 0.217. The summed E-state index contributed by atoms with van der Waals surface area (Å²) in [5.41, 5.74) is 0. The molecule has 0 amide bonds. The summed E-state index contributed by atoms with van der Waals surface area (Å²) in [7, 11) is 0. The zero-order valence-corrected chi connectivity index (χ0v) is 10.5. The maximum atomic E-state index is 6.13. The molecule has 0 saturated carbocycles. The lowest BCUT2D eigenvalue weighted by Crippen LogP contribution is -2.29. The highest BCUT2D eigenvalue weighted by molar-refractivity contribution is 6.20. The van der Waals surface area contributed by atoms with Gasteiger partial charge in [-0.2, -0.15) is 0 Å². The second kappa shape index (κ2) is 6.13. The molecule has 0 aliphatic carbocycles. The van der Waals surface area contributed by atoms with Crippen molar-refractivity contribution >= 4 is 11.6 Å². The predicted molar refractivity (Wildman–Crippen MR) is 64.3 cm³/mol. The minimum absolute atomic E-state index is 0.217. The van der Waals surface area contributed by atoms with Gasteiger partial charge in [-0.3, -0.25) is 0 Å². The number of rotatable bonds is 6. The monoisotopic (exact) mass is 229 g/mol. The highest BCUT2D eigenvalue weighted by Gasteiger charge is 2.08. The number of hydrogen-bond acceptors (Lipinski definition) is 2. The van der Waals surface area contributed by atoms with E-state index in [1.54, 1.807) is 0 Å². The molecule has 1 aromatic heterocycles. The summed E-state index contributed by atoms with van der Waals surface area (Å²) in [4.78, 5) is 4.17. The van der Waals surface area contributed by atoms with Gasteiger partial charge in [0.1, 0.15) is 5.82 Å². The molecular weight excluding hydrogens is 210 g/mol. The Balaban J connectivity index is 2.15. The van der Waals surface area contributed by atoms with E-state index in [0.717, 1.165) is 25.5 Å². The lowest BCUT2D eigenvalue weighted by molar-refractivity contribution is 0.523. The Kier molecular flexibility index (Phi) is 5.12. The van der Waals surface area contributed by atoms with E-state index >= 15 is 0 Å². The van der Waals surface area contributed by atoms with Crippen LogP contribution in [0.4, 0.5) is 0 Å². The molecule has 86 valence electrons. The first-order chi connectivity index (χ1) is 7.11. The van der Waals surface area contributed by atoms with Gasteiger partial charge in [0.25, 0.3) is 0 Å². The van der Waals surface area contributed by atoms with Crippen LogP contribution < -0.4 is 5.32 Å². The van der Waals surface area contributed by atoms with E-state index < -0.39 is 0 Å². The first kappa shape index (κ1) is 12.5. The van der Waals surface area contributed by atoms with Crippen molar-refractivity contribution in [3.63, 3.8) is 0 Å². The van der Waals surface area contributed by atoms with Crippen LogP contribution in [0.25, 0.3) is 0 Å². The average molecular weight is 230 g/mol. The Bertz CT molecular complexity index is 283. The first-order valence-electron chi connectivity index (χ1n) is 5.43. The second-order valence-electron chi connectivity index (χ2n) is 4.13. The predicted octanol–water partition coefficient (Wildman–Crippen LogP) is 2.04. The fraction of sp³-hybridized carbons (Fsp3) is 0.727. The maximum Gasteiger partial charge on any atom is 0.105 e. The lowest BCUT2D eigenvalue weighted by atomic mass is 10.1. The number of imidazole rings is 1. The number of hydrogen-bond donors (Lipinski definition) is 1. The van der Waals surface area contributed by atoms with Gasteiger partial charge < -0.3 is 9.88 Å². The summed E-state index contributed by atoms with van der Waals surface area (Å²) in [6, 6.07) is 0. The van der Waals surface area contributed by atoms with E-state index in [9.17, 15) is 0 Å². The maximum absolute atomic E-state index is 6.13. The van der Waals surface area contributed by atoms with Crippen LogP contribution in [0.1, 0.15) is 19.7 Å². The molecule has 0 aliphatic heterocycles. The molecule has 0 radical (unpaired) electrons. The van der Waals surface area contributed by atoms with E-state index in [1.807, 2.05) is 19.3 Å². The third kappa shape index (κ3) is 4.22. The van der Waals surface area contributed by atoms with Gasteiger partial charge >= 0.3 is 0 Å². The molecule has 0 aromatic carbocycles. The second-order valence-corrected chi connectivity index (χ2v) is 4.69. The van der Waals surface area contributed by atoms with Crippen molar-refractivity contribution in [2.45, 2.75) is 32.7 Å². The first-order valence-corrected chi connectivity index (χ1v) is 5.87. The molecule has 1 atom stereocenters. The number of nitrogens with zero attached hydrogens (tertiary/aromatic N) is 2. The summed E-state index contributed by atoms with van der Waals surface area (Å²) in [5.74, 6) is 1.58. The molecule has 0 aliphatic rings. The van der Waals surface area contributed by atoms with Gasteiger partial charge in [-0.05, 0) is 12.8 Å². The summed E-state index contributed by atoms with van der Waals surface area (Å²) >= 11 is 6.13. The van der Waals surface area contributed by atoms with Crippen molar-refractivity contribution in [3.05, 3.63) is 18.2 Å². The molecule has 4 heteroatoms. The van der Waals surface area contributed by atoms with Gasteiger partial charge in [0, 0.05) is 37.4 Å². The fourth-order valence-corrected chi connectivity index (χ4v) is 1.42. The third-order valence-corrected chi connectivity index (χ3v) is 3.17. The molecule has 1 unspecified atom stereocenters. The molecule has 0 bridgehead atoms. The molecule has 0 spiro atoms. The van der Waals surface area contributed by atoms with Gasteiger partial charge in [-0.25, -0.2) is 4.98 Å². The molecular formula is C11H20ClN3. The Labute approximate surface area is 96.8 Å². The number of alkyl halides is 1. The Morgan fingerprint density at radius 1 is 1.53 bits per heavy atom. The quantitative estimate of drug-likeness (QED) is 0.598. The van der Waals surface area contributed by atoms with Crippen LogP contribution in [0.5, 0.6) is 0 Å². The van der Waals surface area contributed by atoms with Crippen molar-refractivity contribution in [1.29, 1.82) is 0 Å². The van der Waals surface area contributed by atoms with Crippen LogP contribution in [0, 0.1) is 12.8 Å². The normalized spacial score (nSPS) is 13.4. The van der Waals surface area contributed by atoms with Crippen LogP contribution in [-0.4, -0.2) is 28.0 Å². The largest absolute Gasteiger partial charge is 0.334 e. The molecule has 1 rings (SSSR count). The Morgan fingerprint density at radius 2 is 2.27 bits per heavy atom. The highest BCUT2D eigenvalue weighted by atomic mass is 35.5. The van der Waals surface area contributed by atoms with Crippen LogP contribution in [-0.2, 0) is 6.54 Å². The topological polar surface area (TPSA) is 29.9 Å². The Morgan fingerprint density at radius 3 is 2.80 bits per heavy atom. The van der Waals surface area contributed by atoms with Crippen molar-refractivity contribution in [2.75, 3.05) is 13.1 Å². The van der Waals surface area contributed by atoms with Crippen LogP contribution in [0.3, 0.4) is 0 Å². The number of halogens is 1. The standard InChI is InChI=1S/C11H20ClN3/c1-9(2)11(12)8-13-4-6-15-7-5-14-10(15)3/h5,7,9,11,13H,4,6,8H2,1-3H3. The van der Waals surface area contributed by atoms with E-state index in [4.69, 9.17) is 11.6 Å². The zero-order chi connectivity index (χ0) is 11.3. The Hall–Kier alpha value is -0.540. The SMILES string of the molecule is Cc1nccn1CCNCC(Cl)C(C)C. The number of aromatic nitrogens is 2. The lowest BCUT2D eigenvalue weighted by Gasteiger charge is -2.14. The number of nitrogens with one attached hydrogen (secondary N) is 1. The van der Waals surface area contributed by atoms with Crippen LogP contribution >= 0.6 is 11.6 Å². The molecule has 1 aromatic rings. The molecule has 1 heterocycles. The summed E-state index contributed by atoms with van der Waals surface area (Å²) in [6.45, 7) is 9.05. The van der Waals surface area contributed by atoms with Crippen LogP contribution in [0.2, 0.25) is 0 Å². The smallest absolute Gasteiger partial charge is 0.105 e. The average Bonchev–Trinajstić information content (AvgIpc) is 2.58. The van der Waals surface area contributed by atoms with Crippen molar-refractivity contribution < 1.29 is 0 Å². The zero-order valence-electron chi connectivity index (χ0n) is 9.70. The van der Waals surface area contributed by atoms with Gasteiger partial charge in [-0.15, -0.1) is 11.6 Å². The van der Waals surface area contributed by atoms with Crippen molar-refractivity contribution in [3.8, 4) is 0 Å².